The molecule has 0 spiro atoms. The Morgan fingerprint density at radius 3 is 1.94 bits per heavy atom. The Morgan fingerprint density at radius 2 is 1.39 bits per heavy atom. The van der Waals surface area contributed by atoms with E-state index in [1.807, 2.05) is 0 Å². The fourth-order valence-corrected chi connectivity index (χ4v) is 2.62. The van der Waals surface area contributed by atoms with Crippen molar-refractivity contribution in [2.24, 2.45) is 11.8 Å². The minimum Gasteiger partial charge on any atom is -0.396 e. The van der Waals surface area contributed by atoms with Gasteiger partial charge in [-0.25, -0.2) is 0 Å². The SMILES string of the molecule is CCCCCCC(O)C(CCCCC)C(C)CO. The lowest BCUT2D eigenvalue weighted by molar-refractivity contribution is 0.0407. The molecule has 2 N–H and O–H groups in total. The number of hydrogen-bond donors (Lipinski definition) is 2. The van der Waals surface area contributed by atoms with Crippen molar-refractivity contribution in [1.82, 2.24) is 0 Å². The summed E-state index contributed by atoms with van der Waals surface area (Å²) in [4.78, 5) is 0. The van der Waals surface area contributed by atoms with Crippen LogP contribution in [-0.4, -0.2) is 22.9 Å². The molecule has 3 unspecified atom stereocenters. The monoisotopic (exact) mass is 258 g/mol. The van der Waals surface area contributed by atoms with Crippen LogP contribution in [0.3, 0.4) is 0 Å². The summed E-state index contributed by atoms with van der Waals surface area (Å²) in [6, 6.07) is 0. The van der Waals surface area contributed by atoms with Crippen LogP contribution in [0.4, 0.5) is 0 Å². The van der Waals surface area contributed by atoms with E-state index in [9.17, 15) is 10.2 Å². The summed E-state index contributed by atoms with van der Waals surface area (Å²) in [5, 5.41) is 19.6. The van der Waals surface area contributed by atoms with Gasteiger partial charge < -0.3 is 10.2 Å². The Kier molecular flexibility index (Phi) is 11.9. The molecule has 18 heavy (non-hydrogen) atoms. The topological polar surface area (TPSA) is 40.5 Å². The largest absolute Gasteiger partial charge is 0.396 e. The highest BCUT2D eigenvalue weighted by atomic mass is 16.3. The summed E-state index contributed by atoms with van der Waals surface area (Å²) in [5.41, 5.74) is 0. The van der Waals surface area contributed by atoms with Gasteiger partial charge >= 0.3 is 0 Å². The first-order valence-electron chi connectivity index (χ1n) is 7.96. The number of rotatable bonds is 12. The van der Waals surface area contributed by atoms with Gasteiger partial charge in [-0.1, -0.05) is 65.7 Å². The lowest BCUT2D eigenvalue weighted by Gasteiger charge is -2.27. The smallest absolute Gasteiger partial charge is 0.0571 e. The second-order valence-electron chi connectivity index (χ2n) is 5.74. The summed E-state index contributed by atoms with van der Waals surface area (Å²) in [6.07, 6.45) is 10.2. The maximum Gasteiger partial charge on any atom is 0.0571 e. The summed E-state index contributed by atoms with van der Waals surface area (Å²) < 4.78 is 0. The van der Waals surface area contributed by atoms with Gasteiger partial charge in [-0.2, -0.15) is 0 Å². The van der Waals surface area contributed by atoms with Crippen molar-refractivity contribution in [2.75, 3.05) is 6.61 Å². The number of unbranched alkanes of at least 4 members (excludes halogenated alkanes) is 5. The molecule has 0 heterocycles. The Balaban J connectivity index is 4.01. The molecule has 2 nitrogen and oxygen atoms in total. The normalized spacial score (nSPS) is 16.5. The van der Waals surface area contributed by atoms with Crippen LogP contribution in [0, 0.1) is 11.8 Å². The van der Waals surface area contributed by atoms with Crippen LogP contribution in [0.1, 0.15) is 78.6 Å². The molecule has 0 fully saturated rings. The van der Waals surface area contributed by atoms with E-state index in [0.29, 0.717) is 0 Å². The molecule has 0 aliphatic rings. The number of hydrogen-bond acceptors (Lipinski definition) is 2. The Bertz CT molecular complexity index is 170. The third-order valence-corrected chi connectivity index (χ3v) is 4.01. The maximum atomic E-state index is 10.3. The van der Waals surface area contributed by atoms with Crippen LogP contribution in [0.15, 0.2) is 0 Å². The van der Waals surface area contributed by atoms with Gasteiger partial charge in [0.05, 0.1) is 6.10 Å². The predicted octanol–water partition coefficient (Wildman–Crippen LogP) is 4.14. The van der Waals surface area contributed by atoms with Crippen LogP contribution < -0.4 is 0 Å². The van der Waals surface area contributed by atoms with Crippen molar-refractivity contribution in [3.63, 3.8) is 0 Å². The molecular weight excluding hydrogens is 224 g/mol. The fraction of sp³-hybridized carbons (Fsp3) is 1.00. The summed E-state index contributed by atoms with van der Waals surface area (Å²) in [5.74, 6) is 0.506. The van der Waals surface area contributed by atoms with Crippen LogP contribution in [0.2, 0.25) is 0 Å². The van der Waals surface area contributed by atoms with Crippen molar-refractivity contribution >= 4 is 0 Å². The van der Waals surface area contributed by atoms with E-state index < -0.39 is 0 Å². The van der Waals surface area contributed by atoms with Gasteiger partial charge in [0.15, 0.2) is 0 Å². The molecule has 0 amide bonds. The average molecular weight is 258 g/mol. The molecule has 110 valence electrons. The van der Waals surface area contributed by atoms with Crippen LogP contribution in [0.5, 0.6) is 0 Å². The highest BCUT2D eigenvalue weighted by Gasteiger charge is 2.23. The van der Waals surface area contributed by atoms with Gasteiger partial charge in [0.25, 0.3) is 0 Å². The third kappa shape index (κ3) is 8.10. The van der Waals surface area contributed by atoms with Crippen LogP contribution >= 0.6 is 0 Å². The van der Waals surface area contributed by atoms with Gasteiger partial charge in [-0.15, -0.1) is 0 Å². The van der Waals surface area contributed by atoms with Gasteiger partial charge in [0.1, 0.15) is 0 Å². The second kappa shape index (κ2) is 12.0. The summed E-state index contributed by atoms with van der Waals surface area (Å²) in [6.45, 7) is 6.66. The van der Waals surface area contributed by atoms with Crippen LogP contribution in [0.25, 0.3) is 0 Å². The van der Waals surface area contributed by atoms with Gasteiger partial charge in [0, 0.05) is 6.61 Å². The molecule has 0 aromatic rings. The fourth-order valence-electron chi connectivity index (χ4n) is 2.62. The minimum absolute atomic E-state index is 0.197. The molecule has 0 aromatic carbocycles. The average Bonchev–Trinajstić information content (AvgIpc) is 2.38. The van der Waals surface area contributed by atoms with E-state index in [-0.39, 0.29) is 24.5 Å². The van der Waals surface area contributed by atoms with Crippen molar-refractivity contribution in [3.05, 3.63) is 0 Å². The second-order valence-corrected chi connectivity index (χ2v) is 5.74. The van der Waals surface area contributed by atoms with E-state index in [1.54, 1.807) is 0 Å². The van der Waals surface area contributed by atoms with E-state index in [0.717, 1.165) is 19.3 Å². The maximum absolute atomic E-state index is 10.3. The molecule has 0 radical (unpaired) electrons. The molecule has 0 aliphatic carbocycles. The molecule has 3 atom stereocenters. The summed E-state index contributed by atoms with van der Waals surface area (Å²) >= 11 is 0. The van der Waals surface area contributed by atoms with E-state index in [4.69, 9.17) is 0 Å². The lowest BCUT2D eigenvalue weighted by Crippen LogP contribution is -2.28. The first kappa shape index (κ1) is 17.9. The van der Waals surface area contributed by atoms with E-state index in [1.165, 1.54) is 38.5 Å². The first-order chi connectivity index (χ1) is 8.67. The Morgan fingerprint density at radius 1 is 0.833 bits per heavy atom. The number of aliphatic hydroxyl groups is 2. The molecule has 0 saturated carbocycles. The van der Waals surface area contributed by atoms with Crippen LogP contribution in [-0.2, 0) is 0 Å². The van der Waals surface area contributed by atoms with E-state index in [2.05, 4.69) is 20.8 Å². The van der Waals surface area contributed by atoms with Gasteiger partial charge in [-0.05, 0) is 24.7 Å². The summed E-state index contributed by atoms with van der Waals surface area (Å²) in [7, 11) is 0. The van der Waals surface area contributed by atoms with E-state index >= 15 is 0 Å². The van der Waals surface area contributed by atoms with Crippen molar-refractivity contribution in [3.8, 4) is 0 Å². The predicted molar refractivity (Wildman–Crippen MR) is 78.6 cm³/mol. The zero-order chi connectivity index (χ0) is 13.8. The highest BCUT2D eigenvalue weighted by molar-refractivity contribution is 4.74. The molecule has 0 aromatic heterocycles. The van der Waals surface area contributed by atoms with Crippen molar-refractivity contribution in [1.29, 1.82) is 0 Å². The molecule has 0 bridgehead atoms. The number of aliphatic hydroxyl groups excluding tert-OH is 2. The quantitative estimate of drug-likeness (QED) is 0.516. The van der Waals surface area contributed by atoms with Gasteiger partial charge in [0.2, 0.25) is 0 Å². The molecule has 0 saturated heterocycles. The molecule has 2 heteroatoms. The zero-order valence-corrected chi connectivity index (χ0v) is 12.7. The third-order valence-electron chi connectivity index (χ3n) is 4.01. The minimum atomic E-state index is -0.221. The van der Waals surface area contributed by atoms with Gasteiger partial charge in [-0.3, -0.25) is 0 Å². The molecule has 0 aliphatic heterocycles. The highest BCUT2D eigenvalue weighted by Crippen LogP contribution is 2.25. The van der Waals surface area contributed by atoms with Crippen molar-refractivity contribution < 1.29 is 10.2 Å². The zero-order valence-electron chi connectivity index (χ0n) is 12.7. The molecule has 0 rings (SSSR count). The Labute approximate surface area is 114 Å². The lowest BCUT2D eigenvalue weighted by atomic mass is 9.83. The Hall–Kier alpha value is -0.0800. The molecular formula is C16H34O2. The standard InChI is InChI=1S/C16H34O2/c1-4-6-8-10-12-16(18)15(14(3)13-17)11-9-7-5-2/h14-18H,4-13H2,1-3H3. The first-order valence-corrected chi connectivity index (χ1v) is 7.96. The van der Waals surface area contributed by atoms with Crippen molar-refractivity contribution in [2.45, 2.75) is 84.7 Å².